The molecule has 1 amide bonds. The average Bonchev–Trinajstić information content (AvgIpc) is 3.21. The Hall–Kier alpha value is -1.89. The maximum atomic E-state index is 12.9. The Kier molecular flexibility index (Phi) is 4.27. The van der Waals surface area contributed by atoms with Crippen LogP contribution in [0.25, 0.3) is 0 Å². The highest BCUT2D eigenvalue weighted by atomic mass is 32.1. The molecule has 4 rings (SSSR count). The van der Waals surface area contributed by atoms with Crippen molar-refractivity contribution in [1.29, 1.82) is 0 Å². The molecule has 7 heteroatoms. The van der Waals surface area contributed by atoms with Gasteiger partial charge in [-0.1, -0.05) is 13.8 Å². The molecular weight excluding hydrogens is 336 g/mol. The zero-order chi connectivity index (χ0) is 17.6. The van der Waals surface area contributed by atoms with Gasteiger partial charge in [-0.15, -0.1) is 0 Å². The van der Waals surface area contributed by atoms with Gasteiger partial charge in [0.25, 0.3) is 0 Å². The smallest absolute Gasteiger partial charge is 0.334 e. The Morgan fingerprint density at radius 1 is 1.36 bits per heavy atom. The second kappa shape index (κ2) is 6.44. The molecule has 1 fully saturated rings. The predicted octanol–water partition coefficient (Wildman–Crippen LogP) is 1.92. The summed E-state index contributed by atoms with van der Waals surface area (Å²) in [7, 11) is 0. The third-order valence-electron chi connectivity index (χ3n) is 5.19. The van der Waals surface area contributed by atoms with Crippen LogP contribution in [0, 0.1) is 5.92 Å². The number of aromatic nitrogens is 3. The third kappa shape index (κ3) is 3.05. The summed E-state index contributed by atoms with van der Waals surface area (Å²) in [5.74, 6) is 1.41. The molecule has 134 valence electrons. The first-order chi connectivity index (χ1) is 12.0. The van der Waals surface area contributed by atoms with Gasteiger partial charge >= 0.3 is 5.69 Å². The van der Waals surface area contributed by atoms with E-state index in [4.69, 9.17) is 0 Å². The van der Waals surface area contributed by atoms with Gasteiger partial charge in [0.05, 0.1) is 12.5 Å². The van der Waals surface area contributed by atoms with Crippen LogP contribution in [0.3, 0.4) is 0 Å². The maximum Gasteiger partial charge on any atom is 0.345 e. The van der Waals surface area contributed by atoms with Gasteiger partial charge in [0.2, 0.25) is 5.91 Å². The number of nitrogens with zero attached hydrogens (tertiary/aromatic N) is 4. The molecule has 0 radical (unpaired) electrons. The van der Waals surface area contributed by atoms with Crippen molar-refractivity contribution in [3.63, 3.8) is 0 Å². The highest BCUT2D eigenvalue weighted by molar-refractivity contribution is 7.08. The molecule has 0 aliphatic carbocycles. The van der Waals surface area contributed by atoms with E-state index in [9.17, 15) is 9.59 Å². The van der Waals surface area contributed by atoms with Crippen LogP contribution in [-0.4, -0.2) is 37.2 Å². The van der Waals surface area contributed by atoms with E-state index in [0.29, 0.717) is 31.8 Å². The minimum absolute atomic E-state index is 0.0264. The fourth-order valence-corrected chi connectivity index (χ4v) is 4.78. The van der Waals surface area contributed by atoms with Gasteiger partial charge < -0.3 is 4.90 Å². The Bertz CT molecular complexity index is 821. The first-order valence-corrected chi connectivity index (χ1v) is 9.96. The number of carbonyl (C=O) groups excluding carboxylic acids is 1. The largest absolute Gasteiger partial charge is 0.345 e. The SMILES string of the molecule is CC(C)Cn1nc2n(c1=O)C[C@H]1CC[C@@H](C2)N1C(=O)Cc1ccsc1. The molecule has 0 spiro atoms. The summed E-state index contributed by atoms with van der Waals surface area (Å²) in [5.41, 5.74) is 1.05. The van der Waals surface area contributed by atoms with Crippen LogP contribution in [0.5, 0.6) is 0 Å². The van der Waals surface area contributed by atoms with Gasteiger partial charge in [-0.25, -0.2) is 9.48 Å². The molecule has 2 aliphatic heterocycles. The van der Waals surface area contributed by atoms with Crippen LogP contribution in [0.1, 0.15) is 38.1 Å². The lowest BCUT2D eigenvalue weighted by Gasteiger charge is -2.28. The van der Waals surface area contributed by atoms with Crippen LogP contribution in [0.2, 0.25) is 0 Å². The Morgan fingerprint density at radius 2 is 2.16 bits per heavy atom. The Balaban J connectivity index is 1.58. The van der Waals surface area contributed by atoms with Gasteiger partial charge in [0.1, 0.15) is 5.82 Å². The summed E-state index contributed by atoms with van der Waals surface area (Å²) < 4.78 is 3.40. The van der Waals surface area contributed by atoms with Crippen molar-refractivity contribution < 1.29 is 4.79 Å². The molecule has 6 nitrogen and oxygen atoms in total. The molecule has 0 N–H and O–H groups in total. The minimum Gasteiger partial charge on any atom is -0.334 e. The van der Waals surface area contributed by atoms with Crippen molar-refractivity contribution in [1.82, 2.24) is 19.2 Å². The van der Waals surface area contributed by atoms with Crippen molar-refractivity contribution in [3.05, 3.63) is 38.7 Å². The second-order valence-electron chi connectivity index (χ2n) is 7.58. The number of carbonyl (C=O) groups is 1. The third-order valence-corrected chi connectivity index (χ3v) is 5.92. The monoisotopic (exact) mass is 360 g/mol. The molecule has 2 bridgehead atoms. The molecule has 2 aromatic rings. The molecule has 0 saturated carbocycles. The van der Waals surface area contributed by atoms with Gasteiger partial charge in [0.15, 0.2) is 0 Å². The molecule has 2 atom stereocenters. The zero-order valence-electron chi connectivity index (χ0n) is 14.7. The summed E-state index contributed by atoms with van der Waals surface area (Å²) in [6, 6.07) is 2.30. The predicted molar refractivity (Wildman–Crippen MR) is 96.7 cm³/mol. The van der Waals surface area contributed by atoms with Crippen molar-refractivity contribution in [2.45, 2.75) is 64.7 Å². The Labute approximate surface area is 151 Å². The van der Waals surface area contributed by atoms with Gasteiger partial charge in [-0.05, 0) is 41.1 Å². The molecule has 0 unspecified atom stereocenters. The lowest BCUT2D eigenvalue weighted by Crippen LogP contribution is -2.43. The quantitative estimate of drug-likeness (QED) is 0.837. The minimum atomic E-state index is -0.0264. The molecule has 1 saturated heterocycles. The molecule has 25 heavy (non-hydrogen) atoms. The van der Waals surface area contributed by atoms with Crippen molar-refractivity contribution in [2.24, 2.45) is 5.92 Å². The van der Waals surface area contributed by atoms with Gasteiger partial charge in [0, 0.05) is 25.6 Å². The molecule has 4 heterocycles. The van der Waals surface area contributed by atoms with Crippen LogP contribution in [0.15, 0.2) is 21.6 Å². The summed E-state index contributed by atoms with van der Waals surface area (Å²) >= 11 is 1.62. The number of amides is 1. The highest BCUT2D eigenvalue weighted by Crippen LogP contribution is 2.31. The van der Waals surface area contributed by atoms with Crippen LogP contribution in [-0.2, 0) is 30.7 Å². The fraction of sp³-hybridized carbons (Fsp3) is 0.611. The van der Waals surface area contributed by atoms with Gasteiger partial charge in [-0.3, -0.25) is 9.36 Å². The topological polar surface area (TPSA) is 60.1 Å². The summed E-state index contributed by atoms with van der Waals surface area (Å²) in [6.07, 6.45) is 3.12. The van der Waals surface area contributed by atoms with E-state index in [0.717, 1.165) is 24.2 Å². The van der Waals surface area contributed by atoms with Crippen LogP contribution < -0.4 is 5.69 Å². The lowest BCUT2D eigenvalue weighted by molar-refractivity contribution is -0.133. The summed E-state index contributed by atoms with van der Waals surface area (Å²) in [4.78, 5) is 27.6. The molecule has 0 aromatic carbocycles. The summed E-state index contributed by atoms with van der Waals surface area (Å²) in [6.45, 7) is 5.41. The van der Waals surface area contributed by atoms with E-state index in [1.165, 1.54) is 0 Å². The lowest BCUT2D eigenvalue weighted by atomic mass is 10.1. The highest BCUT2D eigenvalue weighted by Gasteiger charge is 2.41. The van der Waals surface area contributed by atoms with Crippen LogP contribution >= 0.6 is 11.3 Å². The summed E-state index contributed by atoms with van der Waals surface area (Å²) in [5, 5.41) is 8.61. The molecule has 2 aromatic heterocycles. The number of hydrogen-bond acceptors (Lipinski definition) is 4. The van der Waals surface area contributed by atoms with E-state index in [1.54, 1.807) is 20.6 Å². The van der Waals surface area contributed by atoms with E-state index < -0.39 is 0 Å². The van der Waals surface area contributed by atoms with Gasteiger partial charge in [-0.2, -0.15) is 16.4 Å². The van der Waals surface area contributed by atoms with Crippen LogP contribution in [0.4, 0.5) is 0 Å². The second-order valence-corrected chi connectivity index (χ2v) is 8.36. The number of hydrogen-bond donors (Lipinski definition) is 0. The Morgan fingerprint density at radius 3 is 2.88 bits per heavy atom. The number of rotatable bonds is 4. The van der Waals surface area contributed by atoms with E-state index in [-0.39, 0.29) is 23.7 Å². The maximum absolute atomic E-state index is 12.9. The zero-order valence-corrected chi connectivity index (χ0v) is 15.5. The van der Waals surface area contributed by atoms with Crippen molar-refractivity contribution in [3.8, 4) is 0 Å². The first-order valence-electron chi connectivity index (χ1n) is 9.01. The molecular formula is C18H24N4O2S. The van der Waals surface area contributed by atoms with Crippen molar-refractivity contribution in [2.75, 3.05) is 0 Å². The first kappa shape index (κ1) is 16.6. The van der Waals surface area contributed by atoms with E-state index >= 15 is 0 Å². The number of thiophene rings is 1. The fourth-order valence-electron chi connectivity index (χ4n) is 4.11. The average molecular weight is 360 g/mol. The van der Waals surface area contributed by atoms with Crippen molar-refractivity contribution >= 4 is 17.2 Å². The molecule has 2 aliphatic rings. The van der Waals surface area contributed by atoms with E-state index in [2.05, 4.69) is 18.9 Å². The standard InChI is InChI=1S/C18H24N4O2S/c1-12(2)9-21-18(24)20-10-15-4-3-14(8-16(20)19-21)22(15)17(23)7-13-5-6-25-11-13/h5-6,11-12,14-15H,3-4,7-10H2,1-2H3/t14-,15+/m0/s1. The normalized spacial score (nSPS) is 22.3. The van der Waals surface area contributed by atoms with E-state index in [1.807, 2.05) is 21.7 Å². The number of fused-ring (bicyclic) bond motifs is 3.